The zero-order valence-corrected chi connectivity index (χ0v) is 19.2. The maximum absolute atomic E-state index is 13.7. The molecule has 0 N–H and O–H groups in total. The first kappa shape index (κ1) is 21.7. The molecule has 0 spiro atoms. The first-order chi connectivity index (χ1) is 16.2. The van der Waals surface area contributed by atoms with E-state index in [1.807, 2.05) is 47.4 Å². The SMILES string of the molecule is COc1cccc(-n2cc(C(=O)N3CCN(C4CCCCC4)CC3)c3ccccc3c2=O)c1. The topological polar surface area (TPSA) is 54.8 Å². The van der Waals surface area contributed by atoms with Crippen LogP contribution in [0.1, 0.15) is 42.5 Å². The van der Waals surface area contributed by atoms with E-state index < -0.39 is 0 Å². The fourth-order valence-corrected chi connectivity index (χ4v) is 5.32. The highest BCUT2D eigenvalue weighted by Crippen LogP contribution is 2.25. The molecule has 33 heavy (non-hydrogen) atoms. The molecular weight excluding hydrogens is 414 g/mol. The van der Waals surface area contributed by atoms with Crippen molar-refractivity contribution in [2.45, 2.75) is 38.1 Å². The van der Waals surface area contributed by atoms with Gasteiger partial charge in [0.25, 0.3) is 11.5 Å². The van der Waals surface area contributed by atoms with Gasteiger partial charge in [-0.3, -0.25) is 19.1 Å². The van der Waals surface area contributed by atoms with Crippen molar-refractivity contribution in [3.8, 4) is 11.4 Å². The van der Waals surface area contributed by atoms with Crippen LogP contribution in [0.2, 0.25) is 0 Å². The maximum Gasteiger partial charge on any atom is 0.262 e. The van der Waals surface area contributed by atoms with Gasteiger partial charge in [-0.05, 0) is 31.0 Å². The molecule has 172 valence electrons. The summed E-state index contributed by atoms with van der Waals surface area (Å²) in [4.78, 5) is 31.5. The fourth-order valence-electron chi connectivity index (χ4n) is 5.32. The molecule has 1 aliphatic carbocycles. The van der Waals surface area contributed by atoms with E-state index in [9.17, 15) is 9.59 Å². The van der Waals surface area contributed by atoms with Gasteiger partial charge in [0.2, 0.25) is 0 Å². The lowest BCUT2D eigenvalue weighted by Crippen LogP contribution is -2.52. The summed E-state index contributed by atoms with van der Waals surface area (Å²) in [5.74, 6) is 0.658. The van der Waals surface area contributed by atoms with Gasteiger partial charge in [0.05, 0.1) is 18.4 Å². The van der Waals surface area contributed by atoms with Crippen molar-refractivity contribution in [3.63, 3.8) is 0 Å². The lowest BCUT2D eigenvalue weighted by atomic mass is 9.94. The molecule has 1 aliphatic heterocycles. The molecule has 0 unspecified atom stereocenters. The van der Waals surface area contributed by atoms with Crippen LogP contribution in [0.15, 0.2) is 59.5 Å². The van der Waals surface area contributed by atoms with Crippen molar-refractivity contribution < 1.29 is 9.53 Å². The highest BCUT2D eigenvalue weighted by atomic mass is 16.5. The van der Waals surface area contributed by atoms with E-state index in [0.29, 0.717) is 33.8 Å². The molecule has 1 aromatic heterocycles. The molecule has 5 rings (SSSR count). The van der Waals surface area contributed by atoms with Crippen LogP contribution in [0, 0.1) is 0 Å². The third-order valence-corrected chi connectivity index (χ3v) is 7.18. The van der Waals surface area contributed by atoms with Crippen LogP contribution >= 0.6 is 0 Å². The summed E-state index contributed by atoms with van der Waals surface area (Å²) < 4.78 is 6.91. The Labute approximate surface area is 194 Å². The Balaban J connectivity index is 1.47. The molecule has 1 saturated carbocycles. The number of methoxy groups -OCH3 is 1. The number of piperazine rings is 1. The molecule has 6 heteroatoms. The normalized spacial score (nSPS) is 17.9. The fraction of sp³-hybridized carbons (Fsp3) is 0.407. The Morgan fingerprint density at radius 1 is 0.909 bits per heavy atom. The molecule has 1 saturated heterocycles. The van der Waals surface area contributed by atoms with Crippen LogP contribution in [-0.2, 0) is 0 Å². The molecule has 2 aromatic carbocycles. The predicted molar refractivity (Wildman–Crippen MR) is 130 cm³/mol. The van der Waals surface area contributed by atoms with E-state index in [4.69, 9.17) is 4.74 Å². The minimum atomic E-state index is -0.141. The largest absolute Gasteiger partial charge is 0.497 e. The van der Waals surface area contributed by atoms with Gasteiger partial charge < -0.3 is 9.64 Å². The van der Waals surface area contributed by atoms with E-state index in [-0.39, 0.29) is 11.5 Å². The molecular formula is C27H31N3O3. The minimum absolute atomic E-state index is 0.00820. The van der Waals surface area contributed by atoms with Crippen LogP contribution in [0.5, 0.6) is 5.75 Å². The molecule has 2 fully saturated rings. The number of fused-ring (bicyclic) bond motifs is 1. The second-order valence-electron chi connectivity index (χ2n) is 9.08. The number of aromatic nitrogens is 1. The van der Waals surface area contributed by atoms with Gasteiger partial charge in [-0.2, -0.15) is 0 Å². The second-order valence-corrected chi connectivity index (χ2v) is 9.08. The number of amides is 1. The van der Waals surface area contributed by atoms with Crippen LogP contribution in [-0.4, -0.2) is 59.6 Å². The Hall–Kier alpha value is -3.12. The zero-order valence-electron chi connectivity index (χ0n) is 19.2. The molecule has 0 bridgehead atoms. The molecule has 0 atom stereocenters. The predicted octanol–water partition coefficient (Wildman–Crippen LogP) is 4.09. The van der Waals surface area contributed by atoms with Crippen molar-refractivity contribution in [1.29, 1.82) is 0 Å². The van der Waals surface area contributed by atoms with Gasteiger partial charge in [-0.1, -0.05) is 43.5 Å². The van der Waals surface area contributed by atoms with Gasteiger partial charge >= 0.3 is 0 Å². The maximum atomic E-state index is 13.7. The standard InChI is InChI=1S/C27H31N3O3/c1-33-22-11-7-10-21(18-22)30-19-25(23-12-5-6-13-24(23)27(30)32)26(31)29-16-14-28(15-17-29)20-8-3-2-4-9-20/h5-7,10-13,18-20H,2-4,8-9,14-17H2,1H3. The number of carbonyl (C=O) groups is 1. The average molecular weight is 446 g/mol. The quantitative estimate of drug-likeness (QED) is 0.607. The smallest absolute Gasteiger partial charge is 0.262 e. The molecule has 3 aromatic rings. The molecule has 6 nitrogen and oxygen atoms in total. The number of rotatable bonds is 4. The van der Waals surface area contributed by atoms with Crippen LogP contribution in [0.4, 0.5) is 0 Å². The second kappa shape index (κ2) is 9.40. The summed E-state index contributed by atoms with van der Waals surface area (Å²) in [6.07, 6.45) is 8.26. The van der Waals surface area contributed by atoms with Gasteiger partial charge in [0.15, 0.2) is 0 Å². The number of ether oxygens (including phenoxy) is 1. The molecule has 0 radical (unpaired) electrons. The van der Waals surface area contributed by atoms with Gasteiger partial charge in [-0.25, -0.2) is 0 Å². The number of benzene rings is 2. The third-order valence-electron chi connectivity index (χ3n) is 7.18. The highest BCUT2D eigenvalue weighted by molar-refractivity contribution is 6.06. The summed E-state index contributed by atoms with van der Waals surface area (Å²) in [5.41, 5.74) is 1.11. The van der Waals surface area contributed by atoms with E-state index in [2.05, 4.69) is 4.90 Å². The van der Waals surface area contributed by atoms with Crippen molar-refractivity contribution in [3.05, 3.63) is 70.6 Å². The van der Waals surface area contributed by atoms with Crippen LogP contribution < -0.4 is 10.3 Å². The minimum Gasteiger partial charge on any atom is -0.497 e. The number of nitrogens with zero attached hydrogens (tertiary/aromatic N) is 3. The van der Waals surface area contributed by atoms with Gasteiger partial charge in [-0.15, -0.1) is 0 Å². The van der Waals surface area contributed by atoms with Gasteiger partial charge in [0.1, 0.15) is 5.75 Å². The van der Waals surface area contributed by atoms with Crippen molar-refractivity contribution in [2.24, 2.45) is 0 Å². The third kappa shape index (κ3) is 4.27. The molecule has 2 heterocycles. The van der Waals surface area contributed by atoms with Crippen molar-refractivity contribution >= 4 is 16.7 Å². The average Bonchev–Trinajstić information content (AvgIpc) is 2.89. The summed E-state index contributed by atoms with van der Waals surface area (Å²) in [6, 6.07) is 15.4. The van der Waals surface area contributed by atoms with Crippen molar-refractivity contribution in [2.75, 3.05) is 33.3 Å². The first-order valence-corrected chi connectivity index (χ1v) is 12.0. The highest BCUT2D eigenvalue weighted by Gasteiger charge is 2.28. The Bertz CT molecular complexity index is 1200. The summed E-state index contributed by atoms with van der Waals surface area (Å²) >= 11 is 0. The summed E-state index contributed by atoms with van der Waals surface area (Å²) in [7, 11) is 1.60. The van der Waals surface area contributed by atoms with Crippen LogP contribution in [0.25, 0.3) is 16.5 Å². The molecule has 1 amide bonds. The van der Waals surface area contributed by atoms with E-state index in [1.54, 1.807) is 23.9 Å². The zero-order chi connectivity index (χ0) is 22.8. The lowest BCUT2D eigenvalue weighted by molar-refractivity contribution is 0.0524. The number of hydrogen-bond donors (Lipinski definition) is 0. The van der Waals surface area contributed by atoms with E-state index >= 15 is 0 Å². The van der Waals surface area contributed by atoms with Crippen molar-refractivity contribution in [1.82, 2.24) is 14.4 Å². The number of carbonyl (C=O) groups excluding carboxylic acids is 1. The lowest BCUT2D eigenvalue weighted by Gasteiger charge is -2.40. The number of hydrogen-bond acceptors (Lipinski definition) is 4. The van der Waals surface area contributed by atoms with Crippen LogP contribution in [0.3, 0.4) is 0 Å². The Kier molecular flexibility index (Phi) is 6.18. The first-order valence-electron chi connectivity index (χ1n) is 12.0. The molecule has 2 aliphatic rings. The number of pyridine rings is 1. The Morgan fingerprint density at radius 2 is 1.64 bits per heavy atom. The summed E-state index contributed by atoms with van der Waals surface area (Å²) in [5, 5.41) is 1.26. The monoisotopic (exact) mass is 445 g/mol. The summed E-state index contributed by atoms with van der Waals surface area (Å²) in [6.45, 7) is 3.29. The van der Waals surface area contributed by atoms with E-state index in [1.165, 1.54) is 32.1 Å². The Morgan fingerprint density at radius 3 is 2.36 bits per heavy atom. The van der Waals surface area contributed by atoms with E-state index in [0.717, 1.165) is 26.2 Å². The van der Waals surface area contributed by atoms with Gasteiger partial charge in [0, 0.05) is 55.3 Å².